The van der Waals surface area contributed by atoms with Crippen molar-refractivity contribution in [1.29, 1.82) is 0 Å². The van der Waals surface area contributed by atoms with Crippen LogP contribution < -0.4 is 14.5 Å². The minimum Gasteiger partial charge on any atom is -0.497 e. The lowest BCUT2D eigenvalue weighted by Crippen LogP contribution is -2.38. The van der Waals surface area contributed by atoms with Crippen molar-refractivity contribution in [1.82, 2.24) is 29.1 Å². The van der Waals surface area contributed by atoms with Gasteiger partial charge < -0.3 is 28.6 Å². The lowest BCUT2D eigenvalue weighted by Gasteiger charge is -2.29. The summed E-state index contributed by atoms with van der Waals surface area (Å²) >= 11 is 0. The molecule has 4 heterocycles. The zero-order chi connectivity index (χ0) is 33.0. The van der Waals surface area contributed by atoms with Gasteiger partial charge in [0.2, 0.25) is 11.9 Å². The molecule has 3 aromatic heterocycles. The maximum atomic E-state index is 13.7. The average Bonchev–Trinajstić information content (AvgIpc) is 3.62. The molecule has 47 heavy (non-hydrogen) atoms. The molecule has 1 fully saturated rings. The highest BCUT2D eigenvalue weighted by Crippen LogP contribution is 2.29. The molecule has 0 saturated carbocycles. The number of halogens is 3. The van der Waals surface area contributed by atoms with Crippen LogP contribution in [0.3, 0.4) is 0 Å². The molecule has 6 rings (SSSR count). The predicted octanol–water partition coefficient (Wildman–Crippen LogP) is 5.36. The Balaban J connectivity index is 1.46. The topological polar surface area (TPSA) is 95.1 Å². The number of ether oxygens (including phenoxy) is 3. The Morgan fingerprint density at radius 1 is 0.979 bits per heavy atom. The van der Waals surface area contributed by atoms with Crippen molar-refractivity contribution in [2.75, 3.05) is 49.8 Å². The van der Waals surface area contributed by atoms with Gasteiger partial charge in [0.1, 0.15) is 18.3 Å². The predicted molar refractivity (Wildman–Crippen MR) is 174 cm³/mol. The van der Waals surface area contributed by atoms with Gasteiger partial charge in [0.25, 0.3) is 0 Å². The summed E-state index contributed by atoms with van der Waals surface area (Å²) in [4.78, 5) is 18.5. The molecule has 0 N–H and O–H groups in total. The average molecular weight is 668 g/mol. The number of methoxy groups -OCH3 is 1. The lowest BCUT2D eigenvalue weighted by molar-refractivity contribution is -0.127. The van der Waals surface area contributed by atoms with E-state index >= 15 is 0 Å². The minimum absolute atomic E-state index is 0.0200. The fourth-order valence-corrected chi connectivity index (χ4v) is 6.04. The van der Waals surface area contributed by atoms with Crippen LogP contribution in [-0.4, -0.2) is 84.1 Å². The molecule has 1 aliphatic heterocycles. The summed E-state index contributed by atoms with van der Waals surface area (Å²) in [6.07, 6.45) is -4.35. The van der Waals surface area contributed by atoms with E-state index in [0.717, 1.165) is 28.5 Å². The van der Waals surface area contributed by atoms with Crippen LogP contribution in [0.1, 0.15) is 17.0 Å². The number of fused-ring (bicyclic) bond motifs is 2. The number of nitrogens with zero attached hydrogens (tertiary/aromatic N) is 8. The van der Waals surface area contributed by atoms with Gasteiger partial charge in [-0.15, -0.1) is 0 Å². The number of anilines is 2. The van der Waals surface area contributed by atoms with E-state index < -0.39 is 21.4 Å². The van der Waals surface area contributed by atoms with Crippen LogP contribution in [0.2, 0.25) is 19.1 Å². The molecule has 1 saturated heterocycles. The van der Waals surface area contributed by atoms with E-state index in [1.54, 1.807) is 7.11 Å². The number of hydrogen-bond acceptors (Lipinski definition) is 9. The fraction of sp³-hybridized carbons (Fsp3) is 0.438. The van der Waals surface area contributed by atoms with Crippen molar-refractivity contribution >= 4 is 37.4 Å². The number of rotatable bonds is 13. The van der Waals surface area contributed by atoms with Gasteiger partial charge in [-0.3, -0.25) is 0 Å². The molecule has 11 nitrogen and oxygen atoms in total. The number of para-hydroxylation sites is 2. The molecular formula is C32H38F3N8O3Si. The Labute approximate surface area is 272 Å². The summed E-state index contributed by atoms with van der Waals surface area (Å²) in [7, 11) is 1.17. The number of alkyl halides is 3. The van der Waals surface area contributed by atoms with Crippen molar-refractivity contribution in [3.05, 3.63) is 71.7 Å². The zero-order valence-corrected chi connectivity index (χ0v) is 27.7. The summed E-state index contributed by atoms with van der Waals surface area (Å²) in [5.74, 6) is 2.11. The van der Waals surface area contributed by atoms with Crippen molar-refractivity contribution in [3.8, 4) is 5.75 Å². The first-order chi connectivity index (χ1) is 22.7. The van der Waals surface area contributed by atoms with E-state index in [1.165, 1.54) is 10.7 Å². The van der Waals surface area contributed by atoms with Crippen LogP contribution in [0.25, 0.3) is 16.7 Å². The zero-order valence-electron chi connectivity index (χ0n) is 26.7. The van der Waals surface area contributed by atoms with E-state index in [4.69, 9.17) is 24.2 Å². The smallest absolute Gasteiger partial charge is 0.393 e. The summed E-state index contributed by atoms with van der Waals surface area (Å²) in [6, 6.07) is 16.5. The van der Waals surface area contributed by atoms with Crippen molar-refractivity contribution < 1.29 is 27.4 Å². The van der Waals surface area contributed by atoms with Crippen molar-refractivity contribution in [2.45, 2.75) is 51.6 Å². The summed E-state index contributed by atoms with van der Waals surface area (Å²) in [5, 5.41) is 4.40. The molecule has 5 aromatic rings. The van der Waals surface area contributed by atoms with Crippen LogP contribution in [0.4, 0.5) is 25.1 Å². The molecule has 1 radical (unpaired) electrons. The second kappa shape index (κ2) is 14.3. The number of benzene rings is 2. The number of hydrogen-bond donors (Lipinski definition) is 0. The molecule has 1 aliphatic rings. The first-order valence-corrected chi connectivity index (χ1v) is 18.2. The van der Waals surface area contributed by atoms with Crippen molar-refractivity contribution in [2.24, 2.45) is 0 Å². The molecule has 0 unspecified atom stereocenters. The van der Waals surface area contributed by atoms with Crippen LogP contribution in [0.5, 0.6) is 5.75 Å². The van der Waals surface area contributed by atoms with Crippen LogP contribution in [-0.2, 0) is 35.7 Å². The van der Waals surface area contributed by atoms with E-state index in [-0.39, 0.29) is 17.8 Å². The third-order valence-corrected chi connectivity index (χ3v) is 9.15. The Bertz CT molecular complexity index is 1790. The van der Waals surface area contributed by atoms with Gasteiger partial charge in [-0.2, -0.15) is 32.8 Å². The van der Waals surface area contributed by atoms with Gasteiger partial charge in [0.05, 0.1) is 50.5 Å². The summed E-state index contributed by atoms with van der Waals surface area (Å²) in [5.41, 5.74) is 2.78. The number of morpholine rings is 1. The van der Waals surface area contributed by atoms with E-state index in [1.807, 2.05) is 62.9 Å². The standard InChI is InChI=1S/C32H38F3N8O3Si/c1-44-25-10-8-23(9-11-25)20-41(21-28-37-26-6-4-5-7-27(26)42(28)22-46-16-17-47(2)3)31-39-30(40-12-14-45-15-13-40)38-29-24(18-32(33,34)35)19-36-43(29)31/h4-11,19H,12-18,20-22H2,1-3H3. The maximum absolute atomic E-state index is 13.7. The molecule has 15 heteroatoms. The van der Waals surface area contributed by atoms with Crippen LogP contribution in [0.15, 0.2) is 54.7 Å². The maximum Gasteiger partial charge on any atom is 0.393 e. The van der Waals surface area contributed by atoms with Crippen molar-refractivity contribution in [3.63, 3.8) is 0 Å². The Morgan fingerprint density at radius 3 is 2.47 bits per heavy atom. The lowest BCUT2D eigenvalue weighted by atomic mass is 10.2. The van der Waals surface area contributed by atoms with Gasteiger partial charge in [-0.25, -0.2) is 4.98 Å². The molecule has 2 aromatic carbocycles. The quantitative estimate of drug-likeness (QED) is 0.122. The fourth-order valence-electron chi connectivity index (χ4n) is 5.49. The van der Waals surface area contributed by atoms with Gasteiger partial charge in [-0.1, -0.05) is 37.4 Å². The van der Waals surface area contributed by atoms with E-state index in [2.05, 4.69) is 23.2 Å². The third kappa shape index (κ3) is 7.85. The number of imidazole rings is 1. The molecule has 0 atom stereocenters. The second-order valence-electron chi connectivity index (χ2n) is 11.8. The highest BCUT2D eigenvalue weighted by molar-refractivity contribution is 6.55. The van der Waals surface area contributed by atoms with Gasteiger partial charge >= 0.3 is 6.18 Å². The molecule has 0 aliphatic carbocycles. The Morgan fingerprint density at radius 2 is 1.74 bits per heavy atom. The Hall–Kier alpha value is -4.21. The van der Waals surface area contributed by atoms with Gasteiger partial charge in [-0.05, 0) is 35.9 Å². The second-order valence-corrected chi connectivity index (χ2v) is 14.7. The highest BCUT2D eigenvalue weighted by atomic mass is 28.3. The monoisotopic (exact) mass is 667 g/mol. The van der Waals surface area contributed by atoms with E-state index in [0.29, 0.717) is 63.8 Å². The SMILES string of the molecule is COc1ccc(CN(Cc2nc3ccccc3n2COCC[Si](C)C)c2nc(N3CCOCC3)nc3c(CC(F)(F)F)cnn23)cc1. The molecule has 0 amide bonds. The largest absolute Gasteiger partial charge is 0.497 e. The number of aromatic nitrogens is 6. The first kappa shape index (κ1) is 32.7. The molecule has 249 valence electrons. The van der Waals surface area contributed by atoms with Gasteiger partial charge in [0, 0.05) is 40.6 Å². The van der Waals surface area contributed by atoms with Crippen LogP contribution in [0, 0.1) is 0 Å². The van der Waals surface area contributed by atoms with E-state index in [9.17, 15) is 13.2 Å². The minimum atomic E-state index is -4.43. The molecule has 0 bridgehead atoms. The Kier molecular flexibility index (Phi) is 9.94. The first-order valence-electron chi connectivity index (χ1n) is 15.5. The van der Waals surface area contributed by atoms with Gasteiger partial charge in [0.15, 0.2) is 5.65 Å². The molecule has 0 spiro atoms. The van der Waals surface area contributed by atoms with Crippen LogP contribution >= 0.6 is 0 Å². The summed E-state index contributed by atoms with van der Waals surface area (Å²) < 4.78 is 61.5. The normalized spacial score (nSPS) is 14.1. The summed E-state index contributed by atoms with van der Waals surface area (Å²) in [6.45, 7) is 8.07. The highest BCUT2D eigenvalue weighted by Gasteiger charge is 2.31. The third-order valence-electron chi connectivity index (χ3n) is 7.95. The molecular weight excluding hydrogens is 629 g/mol.